The van der Waals surface area contributed by atoms with Gasteiger partial charge in [-0.05, 0) is 23.6 Å². The zero-order chi connectivity index (χ0) is 10.4. The van der Waals surface area contributed by atoms with Gasteiger partial charge in [0.2, 0.25) is 0 Å². The standard InChI is InChI=1S/C11H8N2O2/c14-10-11(15)13-9-7-4-2-1-3-6(7)5-8(9)12-10/h1-3,5H,4H2,(H,12,14)(H,13,15). The monoisotopic (exact) mass is 200 g/mol. The van der Waals surface area contributed by atoms with E-state index in [1.807, 2.05) is 24.3 Å². The zero-order valence-electron chi connectivity index (χ0n) is 7.83. The van der Waals surface area contributed by atoms with Crippen molar-refractivity contribution in [3.05, 3.63) is 55.2 Å². The average Bonchev–Trinajstić information content (AvgIpc) is 2.57. The Morgan fingerprint density at radius 3 is 2.80 bits per heavy atom. The van der Waals surface area contributed by atoms with Gasteiger partial charge in [-0.15, -0.1) is 0 Å². The molecule has 2 aliphatic rings. The molecule has 0 saturated carbocycles. The van der Waals surface area contributed by atoms with Crippen LogP contribution in [0.1, 0.15) is 6.42 Å². The lowest BCUT2D eigenvalue weighted by Gasteiger charge is -2.04. The lowest BCUT2D eigenvalue weighted by atomic mass is 10.0. The third kappa shape index (κ3) is 1.08. The van der Waals surface area contributed by atoms with Crippen molar-refractivity contribution in [2.24, 2.45) is 0 Å². The van der Waals surface area contributed by atoms with E-state index in [9.17, 15) is 9.59 Å². The number of aromatic nitrogens is 2. The van der Waals surface area contributed by atoms with E-state index in [4.69, 9.17) is 0 Å². The molecule has 4 nitrogen and oxygen atoms in total. The van der Waals surface area contributed by atoms with Crippen molar-refractivity contribution >= 4 is 11.6 Å². The molecule has 0 radical (unpaired) electrons. The topological polar surface area (TPSA) is 65.7 Å². The minimum atomic E-state index is -0.599. The SMILES string of the molecule is O=c1[nH]c2c([nH]c1=O)=C1CC=CC=C1C=2. The van der Waals surface area contributed by atoms with Gasteiger partial charge < -0.3 is 9.97 Å². The van der Waals surface area contributed by atoms with Gasteiger partial charge in [-0.1, -0.05) is 18.2 Å². The third-order valence-corrected chi connectivity index (χ3v) is 2.65. The molecule has 2 aliphatic carbocycles. The molecule has 0 saturated heterocycles. The second kappa shape index (κ2) is 2.70. The van der Waals surface area contributed by atoms with Crippen molar-refractivity contribution in [1.82, 2.24) is 9.97 Å². The van der Waals surface area contributed by atoms with Crippen molar-refractivity contribution in [3.63, 3.8) is 0 Å². The number of hydrogen-bond acceptors (Lipinski definition) is 2. The fourth-order valence-corrected chi connectivity index (χ4v) is 1.94. The summed E-state index contributed by atoms with van der Waals surface area (Å²) in [5.41, 5.74) is 0.939. The summed E-state index contributed by atoms with van der Waals surface area (Å²) in [5, 5.41) is 1.44. The number of nitrogens with one attached hydrogen (secondary N) is 2. The average molecular weight is 200 g/mol. The van der Waals surface area contributed by atoms with Gasteiger partial charge in [-0.3, -0.25) is 9.59 Å². The predicted molar refractivity (Wildman–Crippen MR) is 56.6 cm³/mol. The highest BCUT2D eigenvalue weighted by Crippen LogP contribution is 2.21. The van der Waals surface area contributed by atoms with Crippen LogP contribution in [0.3, 0.4) is 0 Å². The van der Waals surface area contributed by atoms with Gasteiger partial charge in [-0.25, -0.2) is 0 Å². The van der Waals surface area contributed by atoms with Gasteiger partial charge in [0.1, 0.15) is 0 Å². The number of aromatic amines is 2. The van der Waals surface area contributed by atoms with E-state index in [2.05, 4.69) is 9.97 Å². The second-order valence-electron chi connectivity index (χ2n) is 3.57. The van der Waals surface area contributed by atoms with E-state index >= 15 is 0 Å². The molecule has 0 bridgehead atoms. The Morgan fingerprint density at radius 2 is 1.93 bits per heavy atom. The molecule has 0 amide bonds. The maximum Gasteiger partial charge on any atom is 0.314 e. The maximum absolute atomic E-state index is 11.2. The van der Waals surface area contributed by atoms with E-state index in [-0.39, 0.29) is 0 Å². The van der Waals surface area contributed by atoms with Crippen LogP contribution in [0, 0.1) is 0 Å². The van der Waals surface area contributed by atoms with Crippen LogP contribution in [-0.2, 0) is 0 Å². The Balaban J connectivity index is 2.53. The van der Waals surface area contributed by atoms with Crippen molar-refractivity contribution in [1.29, 1.82) is 0 Å². The molecule has 0 fully saturated rings. The summed E-state index contributed by atoms with van der Waals surface area (Å²) < 4.78 is 0. The largest absolute Gasteiger partial charge is 0.316 e. The highest BCUT2D eigenvalue weighted by atomic mass is 16.2. The summed E-state index contributed by atoms with van der Waals surface area (Å²) in [6.07, 6.45) is 8.63. The molecule has 0 unspecified atom stereocenters. The van der Waals surface area contributed by atoms with Crippen molar-refractivity contribution < 1.29 is 0 Å². The summed E-state index contributed by atoms with van der Waals surface area (Å²) >= 11 is 0. The molecule has 0 aliphatic heterocycles. The summed E-state index contributed by atoms with van der Waals surface area (Å²) in [6.45, 7) is 0. The smallest absolute Gasteiger partial charge is 0.314 e. The summed E-state index contributed by atoms with van der Waals surface area (Å²) in [5.74, 6) is 0. The van der Waals surface area contributed by atoms with Crippen LogP contribution in [0.4, 0.5) is 0 Å². The number of allylic oxidation sites excluding steroid dienone is 4. The molecule has 3 rings (SSSR count). The van der Waals surface area contributed by atoms with E-state index in [0.717, 1.165) is 22.9 Å². The first kappa shape index (κ1) is 8.23. The van der Waals surface area contributed by atoms with Crippen LogP contribution in [0.25, 0.3) is 11.6 Å². The van der Waals surface area contributed by atoms with Gasteiger partial charge in [-0.2, -0.15) is 0 Å². The van der Waals surface area contributed by atoms with Gasteiger partial charge in [0.05, 0.1) is 10.7 Å². The van der Waals surface area contributed by atoms with Gasteiger partial charge in [0.15, 0.2) is 0 Å². The Bertz CT molecular complexity index is 729. The maximum atomic E-state index is 11.2. The molecule has 15 heavy (non-hydrogen) atoms. The minimum Gasteiger partial charge on any atom is -0.316 e. The van der Waals surface area contributed by atoms with Gasteiger partial charge >= 0.3 is 11.1 Å². The van der Waals surface area contributed by atoms with E-state index in [0.29, 0.717) is 5.35 Å². The Labute approximate surface area is 84.0 Å². The van der Waals surface area contributed by atoms with Crippen molar-refractivity contribution in [2.45, 2.75) is 6.42 Å². The molecule has 2 N–H and O–H groups in total. The normalized spacial score (nSPS) is 16.8. The number of H-pyrrole nitrogens is 2. The fourth-order valence-electron chi connectivity index (χ4n) is 1.94. The first-order chi connectivity index (χ1) is 7.25. The molecule has 0 atom stereocenters. The zero-order valence-corrected chi connectivity index (χ0v) is 7.83. The molecular formula is C11H8N2O2. The summed E-state index contributed by atoms with van der Waals surface area (Å²) in [7, 11) is 0. The second-order valence-corrected chi connectivity index (χ2v) is 3.57. The molecule has 1 aromatic heterocycles. The molecule has 0 aromatic carbocycles. The Kier molecular flexibility index (Phi) is 1.48. The third-order valence-electron chi connectivity index (χ3n) is 2.65. The molecular weight excluding hydrogens is 192 g/mol. The minimum absolute atomic E-state index is 0.592. The molecule has 1 aromatic rings. The van der Waals surface area contributed by atoms with Gasteiger partial charge in [0, 0.05) is 0 Å². The van der Waals surface area contributed by atoms with Crippen molar-refractivity contribution in [3.8, 4) is 0 Å². The number of hydrogen-bond donors (Lipinski definition) is 2. The highest BCUT2D eigenvalue weighted by molar-refractivity contribution is 5.82. The number of fused-ring (bicyclic) bond motifs is 2. The molecule has 1 heterocycles. The fraction of sp³-hybridized carbons (Fsp3) is 0.0909. The first-order valence-electron chi connectivity index (χ1n) is 4.70. The van der Waals surface area contributed by atoms with Crippen LogP contribution in [0.15, 0.2) is 33.4 Å². The quantitative estimate of drug-likeness (QED) is 0.522. The Hall–Kier alpha value is -2.10. The first-order valence-corrected chi connectivity index (χ1v) is 4.70. The van der Waals surface area contributed by atoms with E-state index < -0.39 is 11.1 Å². The van der Waals surface area contributed by atoms with Crippen LogP contribution in [0.2, 0.25) is 0 Å². The predicted octanol–water partition coefficient (Wildman–Crippen LogP) is -1.11. The summed E-state index contributed by atoms with van der Waals surface area (Å²) in [6, 6.07) is 0. The number of rotatable bonds is 0. The van der Waals surface area contributed by atoms with Crippen molar-refractivity contribution in [2.75, 3.05) is 0 Å². The van der Waals surface area contributed by atoms with E-state index in [1.54, 1.807) is 0 Å². The molecule has 74 valence electrons. The van der Waals surface area contributed by atoms with Crippen LogP contribution < -0.4 is 21.8 Å². The summed E-state index contributed by atoms with van der Waals surface area (Å²) in [4.78, 5) is 27.5. The molecule has 0 spiro atoms. The van der Waals surface area contributed by atoms with E-state index in [1.165, 1.54) is 0 Å². The van der Waals surface area contributed by atoms with Crippen LogP contribution >= 0.6 is 0 Å². The lowest BCUT2D eigenvalue weighted by molar-refractivity contribution is 1.00. The lowest BCUT2D eigenvalue weighted by Crippen LogP contribution is -2.46. The molecule has 4 heteroatoms. The Morgan fingerprint density at radius 1 is 1.13 bits per heavy atom. The van der Waals surface area contributed by atoms with Crippen LogP contribution in [0.5, 0.6) is 0 Å². The highest BCUT2D eigenvalue weighted by Gasteiger charge is 2.13. The van der Waals surface area contributed by atoms with Gasteiger partial charge in [0.25, 0.3) is 0 Å². The van der Waals surface area contributed by atoms with Crippen LogP contribution in [-0.4, -0.2) is 9.97 Å².